The Morgan fingerprint density at radius 1 is 1.50 bits per heavy atom. The molecule has 9 nitrogen and oxygen atoms in total. The molecule has 3 heterocycles. The molecule has 1 aliphatic heterocycles. The average Bonchev–Trinajstić information content (AvgIpc) is 3.19. The maximum atomic E-state index is 12.0. The van der Waals surface area contributed by atoms with Crippen molar-refractivity contribution in [3.8, 4) is 11.4 Å². The second-order valence-corrected chi connectivity index (χ2v) is 6.03. The Morgan fingerprint density at radius 3 is 2.96 bits per heavy atom. The summed E-state index contributed by atoms with van der Waals surface area (Å²) in [4.78, 5) is 12.0. The van der Waals surface area contributed by atoms with Crippen LogP contribution in [0.2, 0.25) is 0 Å². The van der Waals surface area contributed by atoms with E-state index in [2.05, 4.69) is 15.4 Å². The highest BCUT2D eigenvalue weighted by atomic mass is 16.7. The highest BCUT2D eigenvalue weighted by Gasteiger charge is 2.33. The lowest BCUT2D eigenvalue weighted by Crippen LogP contribution is -2.24. The van der Waals surface area contributed by atoms with Crippen LogP contribution >= 0.6 is 0 Å². The van der Waals surface area contributed by atoms with Crippen LogP contribution in [0.15, 0.2) is 12.4 Å². The van der Waals surface area contributed by atoms with E-state index in [4.69, 9.17) is 14.2 Å². The maximum absolute atomic E-state index is 12.0. The molecule has 0 radical (unpaired) electrons. The molecule has 2 aromatic heterocycles. The summed E-state index contributed by atoms with van der Waals surface area (Å²) in [7, 11) is 1.74. The minimum absolute atomic E-state index is 0.0920. The van der Waals surface area contributed by atoms with E-state index in [0.29, 0.717) is 36.7 Å². The number of carbonyl (C=O) groups excluding carboxylic acids is 1. The second kappa shape index (κ2) is 6.33. The van der Waals surface area contributed by atoms with Crippen molar-refractivity contribution >= 4 is 5.97 Å². The zero-order chi connectivity index (χ0) is 17.3. The van der Waals surface area contributed by atoms with Gasteiger partial charge in [0.25, 0.3) is 0 Å². The third kappa shape index (κ3) is 3.31. The number of esters is 1. The van der Waals surface area contributed by atoms with Gasteiger partial charge in [0.1, 0.15) is 23.1 Å². The summed E-state index contributed by atoms with van der Waals surface area (Å²) in [5.74, 6) is -1.00. The molecule has 0 unspecified atom stereocenters. The van der Waals surface area contributed by atoms with Gasteiger partial charge in [0.05, 0.1) is 32.2 Å². The topological polar surface area (TPSA) is 93.3 Å². The van der Waals surface area contributed by atoms with Crippen molar-refractivity contribution in [3.05, 3.63) is 18.0 Å². The highest BCUT2D eigenvalue weighted by molar-refractivity contribution is 5.95. The van der Waals surface area contributed by atoms with Gasteiger partial charge in [-0.25, -0.2) is 9.48 Å². The van der Waals surface area contributed by atoms with E-state index in [1.165, 1.54) is 6.20 Å². The van der Waals surface area contributed by atoms with Gasteiger partial charge in [-0.3, -0.25) is 4.68 Å². The van der Waals surface area contributed by atoms with E-state index in [9.17, 15) is 4.79 Å². The molecule has 1 aliphatic rings. The minimum atomic E-state index is -0.576. The number of carbonyl (C=O) groups is 1. The fourth-order valence-electron chi connectivity index (χ4n) is 2.66. The molecule has 9 heteroatoms. The van der Waals surface area contributed by atoms with Crippen molar-refractivity contribution in [1.82, 2.24) is 24.8 Å². The molecule has 0 aromatic carbocycles. The number of ether oxygens (including phenoxy) is 3. The van der Waals surface area contributed by atoms with Crippen LogP contribution in [0.5, 0.6) is 0 Å². The summed E-state index contributed by atoms with van der Waals surface area (Å²) in [5, 5.41) is 12.4. The Bertz CT molecular complexity index is 736. The molecule has 2 aromatic rings. The van der Waals surface area contributed by atoms with Crippen molar-refractivity contribution in [2.75, 3.05) is 13.2 Å². The van der Waals surface area contributed by atoms with E-state index >= 15 is 0 Å². The predicted octanol–water partition coefficient (Wildman–Crippen LogP) is 1.01. The van der Waals surface area contributed by atoms with Crippen LogP contribution in [0.4, 0.5) is 0 Å². The molecule has 0 spiro atoms. The van der Waals surface area contributed by atoms with Crippen molar-refractivity contribution < 1.29 is 19.0 Å². The molecule has 0 aliphatic carbocycles. The smallest absolute Gasteiger partial charge is 0.342 e. The van der Waals surface area contributed by atoms with Crippen molar-refractivity contribution in [2.45, 2.75) is 39.2 Å². The lowest BCUT2D eigenvalue weighted by atomic mass is 10.2. The molecular formula is C15H21N5O4. The van der Waals surface area contributed by atoms with E-state index in [1.54, 1.807) is 29.5 Å². The van der Waals surface area contributed by atoms with Gasteiger partial charge in [-0.05, 0) is 20.8 Å². The predicted molar refractivity (Wildman–Crippen MR) is 83.1 cm³/mol. The first-order valence-corrected chi connectivity index (χ1v) is 7.81. The van der Waals surface area contributed by atoms with Crippen LogP contribution in [0, 0.1) is 0 Å². The Morgan fingerprint density at radius 2 is 2.29 bits per heavy atom. The van der Waals surface area contributed by atoms with Crippen LogP contribution in [-0.2, 0) is 27.8 Å². The van der Waals surface area contributed by atoms with Gasteiger partial charge in [-0.1, -0.05) is 5.21 Å². The van der Waals surface area contributed by atoms with E-state index in [-0.39, 0.29) is 6.10 Å². The Labute approximate surface area is 139 Å². The number of aryl methyl sites for hydroxylation is 1. The lowest BCUT2D eigenvalue weighted by Gasteiger charge is -2.16. The molecule has 3 rings (SSSR count). The van der Waals surface area contributed by atoms with Crippen molar-refractivity contribution in [3.63, 3.8) is 0 Å². The SMILES string of the molecule is CCOC(=O)c1cnn(C)c1-c1cn(C[C@H]2COC(C)(C)O2)nn1. The highest BCUT2D eigenvalue weighted by Crippen LogP contribution is 2.24. The Balaban J connectivity index is 1.79. The van der Waals surface area contributed by atoms with Crippen LogP contribution in [0.25, 0.3) is 11.4 Å². The number of hydrogen-bond donors (Lipinski definition) is 0. The normalized spacial score (nSPS) is 19.6. The first-order chi connectivity index (χ1) is 11.4. The van der Waals surface area contributed by atoms with Gasteiger partial charge in [0, 0.05) is 7.05 Å². The quantitative estimate of drug-likeness (QED) is 0.753. The van der Waals surface area contributed by atoms with Crippen LogP contribution in [0.1, 0.15) is 31.1 Å². The minimum Gasteiger partial charge on any atom is -0.462 e. The van der Waals surface area contributed by atoms with Crippen LogP contribution in [-0.4, -0.2) is 55.8 Å². The Hall–Kier alpha value is -2.26. The Kier molecular flexibility index (Phi) is 4.37. The second-order valence-electron chi connectivity index (χ2n) is 6.03. The van der Waals surface area contributed by atoms with Crippen LogP contribution < -0.4 is 0 Å². The fourth-order valence-corrected chi connectivity index (χ4v) is 2.66. The summed E-state index contributed by atoms with van der Waals surface area (Å²) < 4.78 is 19.6. The molecule has 1 fully saturated rings. The fraction of sp³-hybridized carbons (Fsp3) is 0.600. The zero-order valence-corrected chi connectivity index (χ0v) is 14.2. The molecule has 0 amide bonds. The summed E-state index contributed by atoms with van der Waals surface area (Å²) in [6.07, 6.45) is 3.14. The van der Waals surface area contributed by atoms with Gasteiger partial charge < -0.3 is 14.2 Å². The third-order valence-electron chi connectivity index (χ3n) is 3.67. The molecule has 24 heavy (non-hydrogen) atoms. The van der Waals surface area contributed by atoms with Gasteiger partial charge in [-0.2, -0.15) is 5.10 Å². The third-order valence-corrected chi connectivity index (χ3v) is 3.67. The van der Waals surface area contributed by atoms with Gasteiger partial charge in [-0.15, -0.1) is 5.10 Å². The summed E-state index contributed by atoms with van der Waals surface area (Å²) in [5.41, 5.74) is 1.49. The number of hydrogen-bond acceptors (Lipinski definition) is 7. The summed E-state index contributed by atoms with van der Waals surface area (Å²) >= 11 is 0. The molecule has 130 valence electrons. The largest absolute Gasteiger partial charge is 0.462 e. The van der Waals surface area contributed by atoms with Gasteiger partial charge >= 0.3 is 5.97 Å². The maximum Gasteiger partial charge on any atom is 0.342 e. The first kappa shape index (κ1) is 16.6. The summed E-state index contributed by atoms with van der Waals surface area (Å²) in [6, 6.07) is 0. The molecular weight excluding hydrogens is 314 g/mol. The van der Waals surface area contributed by atoms with Gasteiger partial charge in [0.2, 0.25) is 0 Å². The summed E-state index contributed by atoms with van der Waals surface area (Å²) in [6.45, 7) is 6.83. The number of aromatic nitrogens is 5. The van der Waals surface area contributed by atoms with Crippen molar-refractivity contribution in [2.24, 2.45) is 7.05 Å². The lowest BCUT2D eigenvalue weighted by molar-refractivity contribution is -0.139. The van der Waals surface area contributed by atoms with Crippen LogP contribution in [0.3, 0.4) is 0 Å². The standard InChI is InChI=1S/C15H21N5O4/c1-5-22-14(21)11-6-16-19(4)13(11)12-8-20(18-17-12)7-10-9-23-15(2,3)24-10/h6,8,10H,5,7,9H2,1-4H3/t10-/m0/s1. The van der Waals surface area contributed by atoms with E-state index < -0.39 is 11.8 Å². The molecule has 0 saturated carbocycles. The number of rotatable bonds is 5. The molecule has 0 N–H and O–H groups in total. The molecule has 1 atom stereocenters. The zero-order valence-electron chi connectivity index (χ0n) is 14.2. The monoisotopic (exact) mass is 335 g/mol. The first-order valence-electron chi connectivity index (χ1n) is 7.81. The average molecular weight is 335 g/mol. The van der Waals surface area contributed by atoms with E-state index in [0.717, 1.165) is 0 Å². The van der Waals surface area contributed by atoms with Gasteiger partial charge in [0.15, 0.2) is 5.79 Å². The van der Waals surface area contributed by atoms with Crippen molar-refractivity contribution in [1.29, 1.82) is 0 Å². The van der Waals surface area contributed by atoms with E-state index in [1.807, 2.05) is 13.8 Å². The molecule has 0 bridgehead atoms. The number of nitrogens with zero attached hydrogens (tertiary/aromatic N) is 5. The molecule has 1 saturated heterocycles.